The SMILES string of the molecule is CC(C)c1cc([Si](C)(C)c2ccccc2)c[cH-]1.[Cl-].[Cl-].[Hf]. The topological polar surface area (TPSA) is 0 Å². The van der Waals surface area contributed by atoms with Crippen LogP contribution in [0.5, 0.6) is 0 Å². The molecule has 0 aromatic heterocycles. The first kappa shape index (κ1) is 22.5. The minimum atomic E-state index is -1.48. The molecule has 0 fully saturated rings. The minimum absolute atomic E-state index is 0. The molecule has 2 aromatic rings. The molecule has 0 aliphatic carbocycles. The van der Waals surface area contributed by atoms with Gasteiger partial charge in [0.1, 0.15) is 0 Å². The zero-order valence-electron chi connectivity index (χ0n) is 12.5. The van der Waals surface area contributed by atoms with E-state index in [2.05, 4.69) is 75.5 Å². The fourth-order valence-corrected chi connectivity index (χ4v) is 4.62. The van der Waals surface area contributed by atoms with Gasteiger partial charge in [-0.05, 0) is 5.92 Å². The summed E-state index contributed by atoms with van der Waals surface area (Å²) in [6.07, 6.45) is 0. The Balaban J connectivity index is 0. The van der Waals surface area contributed by atoms with Gasteiger partial charge in [0.2, 0.25) is 0 Å². The van der Waals surface area contributed by atoms with E-state index in [1.807, 2.05) is 0 Å². The average molecular weight is 491 g/mol. The van der Waals surface area contributed by atoms with Crippen molar-refractivity contribution in [1.82, 2.24) is 0 Å². The number of rotatable bonds is 3. The second-order valence-corrected chi connectivity index (χ2v) is 9.98. The van der Waals surface area contributed by atoms with Crippen LogP contribution in [0.25, 0.3) is 0 Å². The number of hydrogen-bond donors (Lipinski definition) is 0. The maximum atomic E-state index is 2.43. The Morgan fingerprint density at radius 2 is 1.50 bits per heavy atom. The van der Waals surface area contributed by atoms with Gasteiger partial charge >= 0.3 is 0 Å². The Labute approximate surface area is 155 Å². The van der Waals surface area contributed by atoms with Crippen molar-refractivity contribution < 1.29 is 50.7 Å². The molecule has 0 saturated heterocycles. The quantitative estimate of drug-likeness (QED) is 0.326. The molecule has 0 aliphatic heterocycles. The molecule has 0 radical (unpaired) electrons. The smallest absolute Gasteiger partial charge is 0.0423 e. The summed E-state index contributed by atoms with van der Waals surface area (Å²) in [6, 6.07) is 18.0. The molecule has 0 spiro atoms. The summed E-state index contributed by atoms with van der Waals surface area (Å²) < 4.78 is 0. The largest absolute Gasteiger partial charge is 1.00 e. The van der Waals surface area contributed by atoms with Gasteiger partial charge in [-0.15, -0.1) is 0 Å². The van der Waals surface area contributed by atoms with Crippen molar-refractivity contribution in [1.29, 1.82) is 0 Å². The van der Waals surface area contributed by atoms with Gasteiger partial charge in [0.05, 0.1) is 0 Å². The molecule has 0 N–H and O–H groups in total. The van der Waals surface area contributed by atoms with Gasteiger partial charge in [0, 0.05) is 33.9 Å². The van der Waals surface area contributed by atoms with Crippen molar-refractivity contribution in [3.63, 3.8) is 0 Å². The van der Waals surface area contributed by atoms with E-state index >= 15 is 0 Å². The van der Waals surface area contributed by atoms with Gasteiger partial charge in [-0.2, -0.15) is 22.9 Å². The van der Waals surface area contributed by atoms with Gasteiger partial charge in [-0.3, -0.25) is 0 Å². The van der Waals surface area contributed by atoms with Gasteiger partial charge in [-0.25, -0.2) is 6.07 Å². The summed E-state index contributed by atoms with van der Waals surface area (Å²) in [4.78, 5) is 0. The molecule has 2 aromatic carbocycles. The molecular formula is C16H21Cl2HfSi-3. The molecule has 0 saturated carbocycles. The molecule has 0 bridgehead atoms. The van der Waals surface area contributed by atoms with Gasteiger partial charge < -0.3 is 24.8 Å². The third kappa shape index (κ3) is 4.90. The summed E-state index contributed by atoms with van der Waals surface area (Å²) in [5, 5.41) is 3.06. The Kier molecular flexibility index (Phi) is 10.5. The fourth-order valence-electron chi connectivity index (χ4n) is 2.23. The van der Waals surface area contributed by atoms with E-state index < -0.39 is 8.07 Å². The molecule has 0 heterocycles. The van der Waals surface area contributed by atoms with Crippen LogP contribution >= 0.6 is 0 Å². The third-order valence-electron chi connectivity index (χ3n) is 3.66. The van der Waals surface area contributed by atoms with Crippen molar-refractivity contribution >= 4 is 18.4 Å². The van der Waals surface area contributed by atoms with Crippen LogP contribution in [0, 0.1) is 0 Å². The summed E-state index contributed by atoms with van der Waals surface area (Å²) in [5.74, 6) is 0.629. The Bertz CT molecular complexity index is 492. The first-order valence-electron chi connectivity index (χ1n) is 6.34. The molecular weight excluding hydrogens is 470 g/mol. The van der Waals surface area contributed by atoms with Crippen LogP contribution in [-0.4, -0.2) is 8.07 Å². The maximum Gasteiger partial charge on any atom is 0.0423 e. The van der Waals surface area contributed by atoms with Crippen LogP contribution in [0.1, 0.15) is 25.3 Å². The second-order valence-electron chi connectivity index (χ2n) is 5.58. The fraction of sp³-hybridized carbons (Fsp3) is 0.312. The van der Waals surface area contributed by atoms with Crippen LogP contribution in [0.3, 0.4) is 0 Å². The maximum absolute atomic E-state index is 2.43. The van der Waals surface area contributed by atoms with E-state index in [1.54, 1.807) is 5.19 Å². The van der Waals surface area contributed by atoms with Crippen LogP contribution in [0.15, 0.2) is 48.5 Å². The Morgan fingerprint density at radius 1 is 0.950 bits per heavy atom. The monoisotopic (exact) mass is 491 g/mol. The molecule has 0 aliphatic rings. The molecule has 0 nitrogen and oxygen atoms in total. The molecule has 4 heteroatoms. The summed E-state index contributed by atoms with van der Waals surface area (Å²) in [5.41, 5.74) is 1.47. The predicted molar refractivity (Wildman–Crippen MR) is 79.3 cm³/mol. The zero-order valence-corrected chi connectivity index (χ0v) is 18.6. The summed E-state index contributed by atoms with van der Waals surface area (Å²) in [7, 11) is -1.48. The van der Waals surface area contributed by atoms with E-state index in [1.165, 1.54) is 10.8 Å². The van der Waals surface area contributed by atoms with Crippen molar-refractivity contribution in [2.45, 2.75) is 32.9 Å². The van der Waals surface area contributed by atoms with Crippen molar-refractivity contribution in [3.8, 4) is 0 Å². The van der Waals surface area contributed by atoms with Crippen LogP contribution in [0.4, 0.5) is 0 Å². The van der Waals surface area contributed by atoms with E-state index in [9.17, 15) is 0 Å². The van der Waals surface area contributed by atoms with Crippen molar-refractivity contribution in [2.24, 2.45) is 0 Å². The average Bonchev–Trinajstić information content (AvgIpc) is 2.80. The molecule has 110 valence electrons. The van der Waals surface area contributed by atoms with Gasteiger partial charge in [0.25, 0.3) is 0 Å². The van der Waals surface area contributed by atoms with Gasteiger partial charge in [-0.1, -0.05) is 62.5 Å². The number of halogens is 2. The van der Waals surface area contributed by atoms with E-state index in [0.29, 0.717) is 5.92 Å². The summed E-state index contributed by atoms with van der Waals surface area (Å²) in [6.45, 7) is 9.38. The summed E-state index contributed by atoms with van der Waals surface area (Å²) >= 11 is 0. The number of benzene rings is 1. The van der Waals surface area contributed by atoms with Crippen molar-refractivity contribution in [3.05, 3.63) is 54.1 Å². The number of hydrogen-bond acceptors (Lipinski definition) is 0. The minimum Gasteiger partial charge on any atom is -1.00 e. The molecule has 0 atom stereocenters. The third-order valence-corrected chi connectivity index (χ3v) is 7.19. The predicted octanol–water partition coefficient (Wildman–Crippen LogP) is -2.64. The van der Waals surface area contributed by atoms with Crippen molar-refractivity contribution in [2.75, 3.05) is 0 Å². The van der Waals surface area contributed by atoms with E-state index in [-0.39, 0.29) is 50.7 Å². The first-order valence-corrected chi connectivity index (χ1v) is 9.34. The Morgan fingerprint density at radius 3 is 1.95 bits per heavy atom. The van der Waals surface area contributed by atoms with E-state index in [4.69, 9.17) is 0 Å². The second kappa shape index (κ2) is 9.29. The Hall–Kier alpha value is 0.237. The first-order chi connectivity index (χ1) is 8.01. The van der Waals surface area contributed by atoms with Crippen LogP contribution in [0.2, 0.25) is 13.1 Å². The van der Waals surface area contributed by atoms with Crippen LogP contribution in [-0.2, 0) is 25.8 Å². The standard InChI is InChI=1S/C16H21Si.2ClH.Hf/c1-13(2)14-10-11-16(12-14)17(3,4)15-8-6-5-7-9-15;;;/h5-13H,1-4H3;2*1H;/q-1;;;/p-2. The van der Waals surface area contributed by atoms with E-state index in [0.717, 1.165) is 0 Å². The molecule has 0 unspecified atom stereocenters. The molecule has 2 rings (SSSR count). The van der Waals surface area contributed by atoms with Crippen LogP contribution < -0.4 is 35.2 Å². The van der Waals surface area contributed by atoms with Gasteiger partial charge in [0.15, 0.2) is 0 Å². The zero-order chi connectivity index (χ0) is 12.5. The normalized spacial score (nSPS) is 10.2. The molecule has 20 heavy (non-hydrogen) atoms. The molecule has 0 amide bonds.